The van der Waals surface area contributed by atoms with Crippen molar-refractivity contribution in [3.8, 4) is 6.07 Å². The van der Waals surface area contributed by atoms with Crippen molar-refractivity contribution < 1.29 is 9.13 Å². The van der Waals surface area contributed by atoms with Crippen LogP contribution in [0.2, 0.25) is 0 Å². The minimum Gasteiger partial charge on any atom is -0.383 e. The second kappa shape index (κ2) is 3.87. The molecule has 0 aliphatic carbocycles. The minimum absolute atomic E-state index is 0.262. The predicted molar refractivity (Wildman–Crippen MR) is 53.8 cm³/mol. The van der Waals surface area contributed by atoms with Gasteiger partial charge >= 0.3 is 0 Å². The van der Waals surface area contributed by atoms with E-state index in [2.05, 4.69) is 11.4 Å². The van der Waals surface area contributed by atoms with Crippen LogP contribution in [0.1, 0.15) is 0 Å². The maximum Gasteiger partial charge on any atom is 0.123 e. The lowest BCUT2D eigenvalue weighted by Gasteiger charge is -2.35. The van der Waals surface area contributed by atoms with Crippen LogP contribution in [-0.2, 0) is 4.74 Å². The lowest BCUT2D eigenvalue weighted by atomic mass is 9.88. The monoisotopic (exact) mass is 206 g/mol. The maximum atomic E-state index is 12.6. The summed E-state index contributed by atoms with van der Waals surface area (Å²) in [6, 6.07) is 8.32. The van der Waals surface area contributed by atoms with E-state index < -0.39 is 5.41 Å². The van der Waals surface area contributed by atoms with E-state index in [0.29, 0.717) is 19.8 Å². The van der Waals surface area contributed by atoms with Gasteiger partial charge in [-0.25, -0.2) is 4.39 Å². The molecule has 0 bridgehead atoms. The van der Waals surface area contributed by atoms with Crippen LogP contribution in [0.15, 0.2) is 24.3 Å². The van der Waals surface area contributed by atoms with E-state index in [-0.39, 0.29) is 5.82 Å². The van der Waals surface area contributed by atoms with Crippen LogP contribution in [0.25, 0.3) is 0 Å². The molecule has 1 heterocycles. The van der Waals surface area contributed by atoms with Crippen molar-refractivity contribution >= 4 is 5.69 Å². The van der Waals surface area contributed by atoms with Gasteiger partial charge in [0.1, 0.15) is 11.2 Å². The first-order valence-electron chi connectivity index (χ1n) is 4.73. The summed E-state index contributed by atoms with van der Waals surface area (Å²) in [7, 11) is 0. The standard InChI is InChI=1S/C11H11FN2O/c12-9-1-3-10(4-2-9)14-6-11(5-13)7-15-8-11/h1-4,14H,6-8H2. The smallest absolute Gasteiger partial charge is 0.123 e. The maximum absolute atomic E-state index is 12.6. The number of hydrogen-bond acceptors (Lipinski definition) is 3. The van der Waals surface area contributed by atoms with Crippen LogP contribution in [-0.4, -0.2) is 19.8 Å². The number of anilines is 1. The molecule has 1 N–H and O–H groups in total. The molecule has 1 aromatic rings. The fraction of sp³-hybridized carbons (Fsp3) is 0.364. The molecule has 0 atom stereocenters. The Labute approximate surface area is 87.5 Å². The van der Waals surface area contributed by atoms with Crippen molar-refractivity contribution in [3.05, 3.63) is 30.1 Å². The van der Waals surface area contributed by atoms with Gasteiger partial charge in [0.2, 0.25) is 0 Å². The summed E-state index contributed by atoms with van der Waals surface area (Å²) >= 11 is 0. The van der Waals surface area contributed by atoms with E-state index in [4.69, 9.17) is 10.00 Å². The molecule has 1 saturated heterocycles. The van der Waals surface area contributed by atoms with Gasteiger partial charge in [0, 0.05) is 12.2 Å². The molecule has 0 aromatic heterocycles. The van der Waals surface area contributed by atoms with Crippen molar-refractivity contribution in [2.75, 3.05) is 25.1 Å². The van der Waals surface area contributed by atoms with Crippen LogP contribution in [0, 0.1) is 22.6 Å². The van der Waals surface area contributed by atoms with Gasteiger partial charge in [-0.1, -0.05) is 0 Å². The molecule has 0 radical (unpaired) electrons. The summed E-state index contributed by atoms with van der Waals surface area (Å²) < 4.78 is 17.6. The van der Waals surface area contributed by atoms with Gasteiger partial charge in [-0.2, -0.15) is 5.26 Å². The molecule has 0 spiro atoms. The molecule has 1 fully saturated rings. The summed E-state index contributed by atoms with van der Waals surface area (Å²) in [5.74, 6) is -0.262. The summed E-state index contributed by atoms with van der Waals surface area (Å²) in [6.07, 6.45) is 0. The number of nitriles is 1. The number of rotatable bonds is 3. The van der Waals surface area contributed by atoms with Crippen molar-refractivity contribution in [1.29, 1.82) is 5.26 Å². The highest BCUT2D eigenvalue weighted by molar-refractivity contribution is 5.43. The first-order chi connectivity index (χ1) is 7.24. The Hall–Kier alpha value is -1.60. The SMILES string of the molecule is N#CC1(CNc2ccc(F)cc2)COC1. The Morgan fingerprint density at radius 1 is 1.40 bits per heavy atom. The molecular formula is C11H11FN2O. The first kappa shape index (κ1) is 9.94. The third-order valence-corrected chi connectivity index (χ3v) is 2.47. The van der Waals surface area contributed by atoms with Gasteiger partial charge < -0.3 is 10.1 Å². The van der Waals surface area contributed by atoms with E-state index in [1.807, 2.05) is 0 Å². The van der Waals surface area contributed by atoms with Crippen molar-refractivity contribution in [2.24, 2.45) is 5.41 Å². The molecule has 78 valence electrons. The zero-order valence-electron chi connectivity index (χ0n) is 8.16. The zero-order valence-corrected chi connectivity index (χ0v) is 8.16. The van der Waals surface area contributed by atoms with E-state index in [1.165, 1.54) is 12.1 Å². The average Bonchev–Trinajstić information content (AvgIpc) is 2.20. The Morgan fingerprint density at radius 2 is 2.07 bits per heavy atom. The average molecular weight is 206 g/mol. The summed E-state index contributed by atoms with van der Waals surface area (Å²) in [6.45, 7) is 1.48. The Bertz CT molecular complexity index is 379. The van der Waals surface area contributed by atoms with Crippen molar-refractivity contribution in [2.45, 2.75) is 0 Å². The van der Waals surface area contributed by atoms with Crippen molar-refractivity contribution in [3.63, 3.8) is 0 Å². The molecule has 0 unspecified atom stereocenters. The minimum atomic E-state index is -0.408. The fourth-order valence-electron chi connectivity index (χ4n) is 1.39. The zero-order chi connectivity index (χ0) is 10.7. The van der Waals surface area contributed by atoms with Crippen LogP contribution >= 0.6 is 0 Å². The topological polar surface area (TPSA) is 45.0 Å². The quantitative estimate of drug-likeness (QED) is 0.819. The third-order valence-electron chi connectivity index (χ3n) is 2.47. The third kappa shape index (κ3) is 2.08. The van der Waals surface area contributed by atoms with Gasteiger partial charge in [-0.15, -0.1) is 0 Å². The summed E-state index contributed by atoms with van der Waals surface area (Å²) in [4.78, 5) is 0. The van der Waals surface area contributed by atoms with Crippen LogP contribution in [0.4, 0.5) is 10.1 Å². The summed E-state index contributed by atoms with van der Waals surface area (Å²) in [5, 5.41) is 12.0. The Kier molecular flexibility index (Phi) is 2.57. The van der Waals surface area contributed by atoms with Crippen molar-refractivity contribution in [1.82, 2.24) is 0 Å². The molecule has 4 heteroatoms. The normalized spacial score (nSPS) is 17.6. The molecule has 2 rings (SSSR count). The molecule has 0 saturated carbocycles. The number of benzene rings is 1. The van der Waals surface area contributed by atoms with Crippen LogP contribution in [0.3, 0.4) is 0 Å². The van der Waals surface area contributed by atoms with Gasteiger partial charge in [0.05, 0.1) is 19.3 Å². The lowest BCUT2D eigenvalue weighted by Crippen LogP contribution is -2.46. The van der Waals surface area contributed by atoms with E-state index in [1.54, 1.807) is 12.1 Å². The molecule has 1 aromatic carbocycles. The van der Waals surface area contributed by atoms with E-state index in [9.17, 15) is 4.39 Å². The highest BCUT2D eigenvalue weighted by Gasteiger charge is 2.38. The second-order valence-corrected chi connectivity index (χ2v) is 3.75. The molecule has 3 nitrogen and oxygen atoms in total. The van der Waals surface area contributed by atoms with Gasteiger partial charge in [0.15, 0.2) is 0 Å². The molecule has 1 aliphatic rings. The van der Waals surface area contributed by atoms with E-state index in [0.717, 1.165) is 5.69 Å². The number of ether oxygens (including phenoxy) is 1. The number of nitrogens with zero attached hydrogens (tertiary/aromatic N) is 1. The van der Waals surface area contributed by atoms with Crippen LogP contribution in [0.5, 0.6) is 0 Å². The van der Waals surface area contributed by atoms with Gasteiger partial charge in [0.25, 0.3) is 0 Å². The molecule has 15 heavy (non-hydrogen) atoms. The predicted octanol–water partition coefficient (Wildman–Crippen LogP) is 1.78. The largest absolute Gasteiger partial charge is 0.383 e. The Balaban J connectivity index is 1.93. The Morgan fingerprint density at radius 3 is 2.53 bits per heavy atom. The number of hydrogen-bond donors (Lipinski definition) is 1. The fourth-order valence-corrected chi connectivity index (χ4v) is 1.39. The molecular weight excluding hydrogens is 195 g/mol. The second-order valence-electron chi connectivity index (χ2n) is 3.75. The van der Waals surface area contributed by atoms with Gasteiger partial charge in [-0.05, 0) is 24.3 Å². The van der Waals surface area contributed by atoms with Crippen LogP contribution < -0.4 is 5.32 Å². The molecule has 1 aliphatic heterocycles. The lowest BCUT2D eigenvalue weighted by molar-refractivity contribution is -0.0690. The first-order valence-corrected chi connectivity index (χ1v) is 4.73. The number of nitrogens with one attached hydrogen (secondary N) is 1. The highest BCUT2D eigenvalue weighted by Crippen LogP contribution is 2.26. The number of halogens is 1. The molecule has 0 amide bonds. The summed E-state index contributed by atoms with van der Waals surface area (Å²) in [5.41, 5.74) is 0.409. The highest BCUT2D eigenvalue weighted by atomic mass is 19.1. The van der Waals surface area contributed by atoms with E-state index >= 15 is 0 Å². The van der Waals surface area contributed by atoms with Gasteiger partial charge in [-0.3, -0.25) is 0 Å².